The van der Waals surface area contributed by atoms with Gasteiger partial charge >= 0.3 is 6.09 Å². The number of hydrogen-bond acceptors (Lipinski definition) is 4. The van der Waals surface area contributed by atoms with E-state index in [0.717, 1.165) is 30.8 Å². The zero-order valence-corrected chi connectivity index (χ0v) is 15.5. The number of anilines is 1. The van der Waals surface area contributed by atoms with Gasteiger partial charge in [-0.15, -0.1) is 0 Å². The molecule has 1 heterocycles. The quantitative estimate of drug-likeness (QED) is 0.840. The van der Waals surface area contributed by atoms with Gasteiger partial charge in [0.1, 0.15) is 11.4 Å². The Kier molecular flexibility index (Phi) is 5.97. The van der Waals surface area contributed by atoms with Crippen LogP contribution in [0.4, 0.5) is 10.5 Å². The van der Waals surface area contributed by atoms with Crippen LogP contribution in [0.15, 0.2) is 24.3 Å². The third kappa shape index (κ3) is 5.62. The summed E-state index contributed by atoms with van der Waals surface area (Å²) in [5, 5.41) is 0. The zero-order chi connectivity index (χ0) is 17.7. The van der Waals surface area contributed by atoms with Crippen LogP contribution < -0.4 is 9.64 Å². The van der Waals surface area contributed by atoms with Gasteiger partial charge < -0.3 is 19.3 Å². The summed E-state index contributed by atoms with van der Waals surface area (Å²) in [7, 11) is 4.03. The maximum atomic E-state index is 12.2. The normalized spacial score (nSPS) is 18.2. The highest BCUT2D eigenvalue weighted by atomic mass is 16.6. The van der Waals surface area contributed by atoms with Gasteiger partial charge in [-0.2, -0.15) is 0 Å². The van der Waals surface area contributed by atoms with E-state index < -0.39 is 5.60 Å². The number of nitrogens with zero attached hydrogens (tertiary/aromatic N) is 2. The van der Waals surface area contributed by atoms with Crippen molar-refractivity contribution in [3.63, 3.8) is 0 Å². The number of piperidine rings is 1. The molecule has 1 amide bonds. The average Bonchev–Trinajstić information content (AvgIpc) is 2.52. The maximum Gasteiger partial charge on any atom is 0.410 e. The van der Waals surface area contributed by atoms with Crippen molar-refractivity contribution in [2.24, 2.45) is 5.92 Å². The van der Waals surface area contributed by atoms with E-state index >= 15 is 0 Å². The van der Waals surface area contributed by atoms with E-state index in [9.17, 15) is 4.79 Å². The standard InChI is InChI=1S/C19H30N2O3/c1-19(2,3)24-18(22)21-11-7-8-15(13-21)14-23-17-10-6-9-16(12-17)20(4)5/h6,9-10,12,15H,7-8,11,13-14H2,1-5H3/t15-/m0/s1. The first-order chi connectivity index (χ1) is 11.2. The number of benzene rings is 1. The van der Waals surface area contributed by atoms with Crippen LogP contribution in [0.2, 0.25) is 0 Å². The molecule has 0 aliphatic carbocycles. The van der Waals surface area contributed by atoms with Crippen molar-refractivity contribution in [2.45, 2.75) is 39.2 Å². The lowest BCUT2D eigenvalue weighted by molar-refractivity contribution is 0.0139. The Morgan fingerprint density at radius 2 is 2.08 bits per heavy atom. The second-order valence-electron chi connectivity index (χ2n) is 7.64. The minimum absolute atomic E-state index is 0.221. The van der Waals surface area contributed by atoms with Crippen LogP contribution in [0.1, 0.15) is 33.6 Å². The van der Waals surface area contributed by atoms with Gasteiger partial charge in [-0.05, 0) is 45.7 Å². The lowest BCUT2D eigenvalue weighted by atomic mass is 9.99. The SMILES string of the molecule is CN(C)c1cccc(OC[C@H]2CCCN(C(=O)OC(C)(C)C)C2)c1. The molecule has 1 aromatic carbocycles. The van der Waals surface area contributed by atoms with E-state index in [-0.39, 0.29) is 6.09 Å². The van der Waals surface area contributed by atoms with Crippen LogP contribution in [-0.2, 0) is 4.74 Å². The lowest BCUT2D eigenvalue weighted by Crippen LogP contribution is -2.44. The van der Waals surface area contributed by atoms with Gasteiger partial charge in [-0.3, -0.25) is 0 Å². The number of carbonyl (C=O) groups is 1. The summed E-state index contributed by atoms with van der Waals surface area (Å²) in [6.45, 7) is 7.77. The van der Waals surface area contributed by atoms with E-state index in [1.54, 1.807) is 4.90 Å². The summed E-state index contributed by atoms with van der Waals surface area (Å²) in [5.41, 5.74) is 0.666. The minimum atomic E-state index is -0.451. The molecule has 1 aromatic rings. The molecule has 5 heteroatoms. The highest BCUT2D eigenvalue weighted by molar-refractivity contribution is 5.68. The molecular formula is C19H30N2O3. The van der Waals surface area contributed by atoms with Crippen LogP contribution in [0.3, 0.4) is 0 Å². The Labute approximate surface area is 145 Å². The molecule has 0 spiro atoms. The molecule has 0 bridgehead atoms. The first-order valence-corrected chi connectivity index (χ1v) is 8.63. The van der Waals surface area contributed by atoms with Crippen LogP contribution in [0, 0.1) is 5.92 Å². The van der Waals surface area contributed by atoms with Gasteiger partial charge in [0, 0.05) is 44.9 Å². The second-order valence-corrected chi connectivity index (χ2v) is 7.64. The van der Waals surface area contributed by atoms with Crippen molar-refractivity contribution in [3.8, 4) is 5.75 Å². The molecular weight excluding hydrogens is 304 g/mol. The van der Waals surface area contributed by atoms with Gasteiger partial charge in [0.2, 0.25) is 0 Å². The van der Waals surface area contributed by atoms with Crippen molar-refractivity contribution in [1.82, 2.24) is 4.90 Å². The van der Waals surface area contributed by atoms with Gasteiger partial charge in [-0.1, -0.05) is 6.07 Å². The van der Waals surface area contributed by atoms with E-state index in [2.05, 4.69) is 11.0 Å². The number of rotatable bonds is 4. The third-order valence-corrected chi connectivity index (χ3v) is 3.99. The highest BCUT2D eigenvalue weighted by Gasteiger charge is 2.27. The Hall–Kier alpha value is -1.91. The first-order valence-electron chi connectivity index (χ1n) is 8.63. The first kappa shape index (κ1) is 18.4. The molecule has 134 valence electrons. The predicted molar refractivity (Wildman–Crippen MR) is 96.8 cm³/mol. The van der Waals surface area contributed by atoms with Crippen molar-refractivity contribution in [1.29, 1.82) is 0 Å². The topological polar surface area (TPSA) is 42.0 Å². The number of hydrogen-bond donors (Lipinski definition) is 0. The Balaban J connectivity index is 1.87. The van der Waals surface area contributed by atoms with Gasteiger partial charge in [0.05, 0.1) is 6.61 Å². The number of carbonyl (C=O) groups excluding carboxylic acids is 1. The van der Waals surface area contributed by atoms with E-state index in [0.29, 0.717) is 19.1 Å². The van der Waals surface area contributed by atoms with Crippen molar-refractivity contribution in [3.05, 3.63) is 24.3 Å². The number of likely N-dealkylation sites (tertiary alicyclic amines) is 1. The fourth-order valence-corrected chi connectivity index (χ4v) is 2.76. The molecule has 5 nitrogen and oxygen atoms in total. The lowest BCUT2D eigenvalue weighted by Gasteiger charge is -2.34. The minimum Gasteiger partial charge on any atom is -0.493 e. The van der Waals surface area contributed by atoms with E-state index in [1.165, 1.54) is 0 Å². The smallest absolute Gasteiger partial charge is 0.410 e. The highest BCUT2D eigenvalue weighted by Crippen LogP contribution is 2.23. The van der Waals surface area contributed by atoms with Crippen LogP contribution in [-0.4, -0.2) is 50.4 Å². The molecule has 2 rings (SSSR count). The molecule has 0 unspecified atom stereocenters. The van der Waals surface area contributed by atoms with Crippen LogP contribution in [0.25, 0.3) is 0 Å². The fraction of sp³-hybridized carbons (Fsp3) is 0.632. The Morgan fingerprint density at radius 1 is 1.33 bits per heavy atom. The molecule has 24 heavy (non-hydrogen) atoms. The summed E-state index contributed by atoms with van der Waals surface area (Å²) in [5.74, 6) is 1.21. The van der Waals surface area contributed by atoms with Gasteiger partial charge in [0.25, 0.3) is 0 Å². The molecule has 1 aliphatic heterocycles. The summed E-state index contributed by atoms with van der Waals surface area (Å²) in [4.78, 5) is 16.1. The molecule has 0 N–H and O–H groups in total. The molecule has 0 radical (unpaired) electrons. The van der Waals surface area contributed by atoms with E-state index in [1.807, 2.05) is 53.1 Å². The van der Waals surface area contributed by atoms with E-state index in [4.69, 9.17) is 9.47 Å². The summed E-state index contributed by atoms with van der Waals surface area (Å²) < 4.78 is 11.4. The van der Waals surface area contributed by atoms with Gasteiger partial charge in [0.15, 0.2) is 0 Å². The monoisotopic (exact) mass is 334 g/mol. The number of amides is 1. The van der Waals surface area contributed by atoms with Crippen LogP contribution in [0.5, 0.6) is 5.75 Å². The van der Waals surface area contributed by atoms with Crippen molar-refractivity contribution < 1.29 is 14.3 Å². The fourth-order valence-electron chi connectivity index (χ4n) is 2.76. The molecule has 0 aromatic heterocycles. The molecule has 0 saturated carbocycles. The second kappa shape index (κ2) is 7.77. The molecule has 1 fully saturated rings. The number of ether oxygens (including phenoxy) is 2. The zero-order valence-electron chi connectivity index (χ0n) is 15.5. The van der Waals surface area contributed by atoms with Crippen molar-refractivity contribution in [2.75, 3.05) is 38.7 Å². The molecule has 1 aliphatic rings. The third-order valence-electron chi connectivity index (χ3n) is 3.99. The summed E-state index contributed by atoms with van der Waals surface area (Å²) in [6, 6.07) is 8.06. The predicted octanol–water partition coefficient (Wildman–Crippen LogP) is 3.78. The van der Waals surface area contributed by atoms with Gasteiger partial charge in [-0.25, -0.2) is 4.79 Å². The Bertz CT molecular complexity index is 552. The Morgan fingerprint density at radius 3 is 2.75 bits per heavy atom. The summed E-state index contributed by atoms with van der Waals surface area (Å²) >= 11 is 0. The van der Waals surface area contributed by atoms with Crippen LogP contribution >= 0.6 is 0 Å². The maximum absolute atomic E-state index is 12.2. The van der Waals surface area contributed by atoms with Crippen molar-refractivity contribution >= 4 is 11.8 Å². The molecule has 1 atom stereocenters. The average molecular weight is 334 g/mol. The largest absolute Gasteiger partial charge is 0.493 e. The molecule has 1 saturated heterocycles. The summed E-state index contributed by atoms with van der Waals surface area (Å²) in [6.07, 6.45) is 1.85.